The highest BCUT2D eigenvalue weighted by molar-refractivity contribution is 6.08. The number of carbonyl (C=O) groups excluding carboxylic acids is 2. The molecule has 17 heavy (non-hydrogen) atoms. The Hall–Kier alpha value is -1.20. The molecule has 2 heterocycles. The van der Waals surface area contributed by atoms with Crippen LogP contribution in [0, 0.1) is 11.8 Å². The molecule has 1 unspecified atom stereocenters. The van der Waals surface area contributed by atoms with Crippen molar-refractivity contribution < 1.29 is 19.4 Å². The summed E-state index contributed by atoms with van der Waals surface area (Å²) in [5.74, 6) is -0.844. The second-order valence-corrected chi connectivity index (χ2v) is 4.80. The minimum absolute atomic E-state index is 0.0341. The quantitative estimate of drug-likeness (QED) is 0.665. The molecule has 4 atom stereocenters. The van der Waals surface area contributed by atoms with E-state index in [1.165, 1.54) is 0 Å². The molecule has 94 valence electrons. The minimum Gasteiger partial charge on any atom is -0.394 e. The molecule has 0 aromatic rings. The van der Waals surface area contributed by atoms with Crippen molar-refractivity contribution >= 4 is 11.8 Å². The number of rotatable bonds is 2. The zero-order valence-electron chi connectivity index (χ0n) is 9.97. The summed E-state index contributed by atoms with van der Waals surface area (Å²) in [6.45, 7) is 3.63. The molecule has 5 heteroatoms. The van der Waals surface area contributed by atoms with E-state index < -0.39 is 5.92 Å². The van der Waals surface area contributed by atoms with E-state index in [1.807, 2.05) is 6.92 Å². The average Bonchev–Trinajstić information content (AvgIpc) is 2.65. The van der Waals surface area contributed by atoms with Gasteiger partial charge in [-0.15, -0.1) is 0 Å². The SMILES string of the molecule is CC1=CC([C@H]2C[C@@H](C)[C@@H](CO)O2)C(=O)NC1=O. The summed E-state index contributed by atoms with van der Waals surface area (Å²) in [5.41, 5.74) is 0.540. The molecule has 2 aliphatic rings. The first-order valence-corrected chi connectivity index (χ1v) is 5.83. The van der Waals surface area contributed by atoms with Crippen LogP contribution in [0.3, 0.4) is 0 Å². The largest absolute Gasteiger partial charge is 0.394 e. The summed E-state index contributed by atoms with van der Waals surface area (Å²) in [6.07, 6.45) is 1.93. The van der Waals surface area contributed by atoms with Crippen molar-refractivity contribution in [2.45, 2.75) is 32.5 Å². The van der Waals surface area contributed by atoms with Crippen molar-refractivity contribution in [3.05, 3.63) is 11.6 Å². The lowest BCUT2D eigenvalue weighted by molar-refractivity contribution is -0.134. The smallest absolute Gasteiger partial charge is 0.253 e. The molecule has 0 radical (unpaired) electrons. The Balaban J connectivity index is 2.13. The summed E-state index contributed by atoms with van der Waals surface area (Å²) >= 11 is 0. The van der Waals surface area contributed by atoms with Gasteiger partial charge in [-0.2, -0.15) is 0 Å². The van der Waals surface area contributed by atoms with Crippen LogP contribution in [-0.4, -0.2) is 35.7 Å². The highest BCUT2D eigenvalue weighted by Crippen LogP contribution is 2.32. The topological polar surface area (TPSA) is 75.6 Å². The third-order valence-electron chi connectivity index (χ3n) is 3.50. The Kier molecular flexibility index (Phi) is 3.31. The summed E-state index contributed by atoms with van der Waals surface area (Å²) in [4.78, 5) is 23.0. The molecule has 5 nitrogen and oxygen atoms in total. The fourth-order valence-electron chi connectivity index (χ4n) is 2.38. The summed E-state index contributed by atoms with van der Waals surface area (Å²) in [7, 11) is 0. The predicted molar refractivity (Wildman–Crippen MR) is 59.9 cm³/mol. The molecule has 2 aliphatic heterocycles. The van der Waals surface area contributed by atoms with Gasteiger partial charge in [0, 0.05) is 5.57 Å². The van der Waals surface area contributed by atoms with Crippen LogP contribution in [0.1, 0.15) is 20.3 Å². The van der Waals surface area contributed by atoms with Crippen LogP contribution in [0.15, 0.2) is 11.6 Å². The van der Waals surface area contributed by atoms with Gasteiger partial charge in [0.15, 0.2) is 0 Å². The molecule has 0 aliphatic carbocycles. The second-order valence-electron chi connectivity index (χ2n) is 4.80. The lowest BCUT2D eigenvalue weighted by atomic mass is 9.90. The van der Waals surface area contributed by atoms with Gasteiger partial charge in [0.1, 0.15) is 0 Å². The number of hydrogen-bond donors (Lipinski definition) is 2. The molecule has 2 rings (SSSR count). The van der Waals surface area contributed by atoms with Gasteiger partial charge < -0.3 is 9.84 Å². The van der Waals surface area contributed by atoms with Crippen molar-refractivity contribution in [1.82, 2.24) is 5.32 Å². The number of nitrogens with one attached hydrogen (secondary N) is 1. The Morgan fingerprint density at radius 1 is 1.53 bits per heavy atom. The van der Waals surface area contributed by atoms with Gasteiger partial charge in [-0.1, -0.05) is 13.0 Å². The molecule has 1 saturated heterocycles. The van der Waals surface area contributed by atoms with Crippen molar-refractivity contribution in [3.63, 3.8) is 0 Å². The number of imide groups is 1. The van der Waals surface area contributed by atoms with Crippen molar-refractivity contribution in [2.24, 2.45) is 11.8 Å². The van der Waals surface area contributed by atoms with Crippen molar-refractivity contribution in [2.75, 3.05) is 6.61 Å². The zero-order valence-corrected chi connectivity index (χ0v) is 9.97. The first kappa shape index (κ1) is 12.3. The number of ether oxygens (including phenoxy) is 1. The molecule has 0 saturated carbocycles. The number of carbonyl (C=O) groups is 2. The molecule has 1 fully saturated rings. The molecular weight excluding hydrogens is 222 g/mol. The van der Waals surface area contributed by atoms with E-state index in [4.69, 9.17) is 9.84 Å². The van der Waals surface area contributed by atoms with Crippen LogP contribution in [-0.2, 0) is 14.3 Å². The standard InChI is InChI=1S/C12H17NO4/c1-6-4-9(17-10(6)5-14)8-3-7(2)11(15)13-12(8)16/h3,6,8-10,14H,4-5H2,1-2H3,(H,13,15,16)/t6-,8?,9-,10-/m1/s1. The molecule has 0 aromatic carbocycles. The molecule has 2 amide bonds. The van der Waals surface area contributed by atoms with E-state index in [9.17, 15) is 9.59 Å². The first-order chi connectivity index (χ1) is 8.02. The fraction of sp³-hybridized carbons (Fsp3) is 0.667. The van der Waals surface area contributed by atoms with Gasteiger partial charge in [-0.05, 0) is 19.3 Å². The van der Waals surface area contributed by atoms with Gasteiger partial charge in [0.05, 0.1) is 24.7 Å². The van der Waals surface area contributed by atoms with Crippen LogP contribution >= 0.6 is 0 Å². The van der Waals surface area contributed by atoms with E-state index in [2.05, 4.69) is 5.32 Å². The van der Waals surface area contributed by atoms with Gasteiger partial charge in [-0.25, -0.2) is 0 Å². The number of aliphatic hydroxyl groups excluding tert-OH is 1. The van der Waals surface area contributed by atoms with Crippen LogP contribution < -0.4 is 5.32 Å². The van der Waals surface area contributed by atoms with E-state index in [1.54, 1.807) is 13.0 Å². The van der Waals surface area contributed by atoms with Gasteiger partial charge in [0.25, 0.3) is 5.91 Å². The molecular formula is C12H17NO4. The van der Waals surface area contributed by atoms with E-state index >= 15 is 0 Å². The number of hydrogen-bond acceptors (Lipinski definition) is 4. The summed E-state index contributed by atoms with van der Waals surface area (Å²) in [5, 5.41) is 11.4. The first-order valence-electron chi connectivity index (χ1n) is 5.83. The Labute approximate surface area is 99.8 Å². The molecule has 0 aromatic heterocycles. The monoisotopic (exact) mass is 239 g/mol. The zero-order chi connectivity index (χ0) is 12.6. The van der Waals surface area contributed by atoms with E-state index in [0.717, 1.165) is 6.42 Å². The third-order valence-corrected chi connectivity index (χ3v) is 3.50. The Morgan fingerprint density at radius 3 is 2.82 bits per heavy atom. The third kappa shape index (κ3) is 2.25. The van der Waals surface area contributed by atoms with Gasteiger partial charge >= 0.3 is 0 Å². The van der Waals surface area contributed by atoms with Crippen LogP contribution in [0.2, 0.25) is 0 Å². The normalized spacial score (nSPS) is 37.9. The maximum Gasteiger partial charge on any atom is 0.253 e. The minimum atomic E-state index is -0.424. The molecule has 2 N–H and O–H groups in total. The maximum absolute atomic E-state index is 11.7. The lowest BCUT2D eigenvalue weighted by Gasteiger charge is -2.23. The number of aliphatic hydroxyl groups is 1. The van der Waals surface area contributed by atoms with E-state index in [-0.39, 0.29) is 36.5 Å². The Morgan fingerprint density at radius 2 is 2.24 bits per heavy atom. The van der Waals surface area contributed by atoms with Crippen LogP contribution in [0.25, 0.3) is 0 Å². The van der Waals surface area contributed by atoms with Crippen LogP contribution in [0.4, 0.5) is 0 Å². The molecule has 0 bridgehead atoms. The van der Waals surface area contributed by atoms with Gasteiger partial charge in [0.2, 0.25) is 5.91 Å². The molecule has 0 spiro atoms. The summed E-state index contributed by atoms with van der Waals surface area (Å²) in [6, 6.07) is 0. The highest BCUT2D eigenvalue weighted by Gasteiger charge is 2.40. The fourth-order valence-corrected chi connectivity index (χ4v) is 2.38. The van der Waals surface area contributed by atoms with Crippen molar-refractivity contribution in [1.29, 1.82) is 0 Å². The van der Waals surface area contributed by atoms with Crippen molar-refractivity contribution in [3.8, 4) is 0 Å². The van der Waals surface area contributed by atoms with Gasteiger partial charge in [-0.3, -0.25) is 14.9 Å². The van der Waals surface area contributed by atoms with Crippen LogP contribution in [0.5, 0.6) is 0 Å². The highest BCUT2D eigenvalue weighted by atomic mass is 16.5. The van der Waals surface area contributed by atoms with E-state index in [0.29, 0.717) is 5.57 Å². The summed E-state index contributed by atoms with van der Waals surface area (Å²) < 4.78 is 5.65. The predicted octanol–water partition coefficient (Wildman–Crippen LogP) is -0.00880. The Bertz CT molecular complexity index is 377. The average molecular weight is 239 g/mol. The second kappa shape index (κ2) is 4.58. The number of amides is 2. The maximum atomic E-state index is 11.7. The lowest BCUT2D eigenvalue weighted by Crippen LogP contribution is -2.44.